The van der Waals surface area contributed by atoms with Crippen LogP contribution in [0, 0.1) is 5.92 Å². The number of aromatic nitrogens is 2. The highest BCUT2D eigenvalue weighted by atomic mass is 16.5. The van der Waals surface area contributed by atoms with E-state index in [9.17, 15) is 9.59 Å². The monoisotopic (exact) mass is 401 g/mol. The fraction of sp³-hybridized carbons (Fsp3) is 0.524. The van der Waals surface area contributed by atoms with Crippen LogP contribution in [0.15, 0.2) is 28.8 Å². The molecule has 1 aromatic heterocycles. The first-order valence-corrected chi connectivity index (χ1v) is 10.2. The number of carbonyl (C=O) groups is 2. The van der Waals surface area contributed by atoms with Crippen LogP contribution >= 0.6 is 0 Å². The zero-order chi connectivity index (χ0) is 20.6. The standard InChI is InChI=1S/C21H27N3O5/c25-18(23-28)13-16(10-4-8-14-6-2-1-3-7-14)20-22-19(24-29-20)15-9-5-11-17(12-15)21(26)27/h5,9,11-12,14,16,28H,1-4,6-8,10,13H2,(H,23,25)(H,26,27)/t16-/m1/s1. The number of carbonyl (C=O) groups excluding carboxylic acids is 1. The van der Waals surface area contributed by atoms with Gasteiger partial charge in [-0.05, 0) is 24.5 Å². The van der Waals surface area contributed by atoms with Crippen LogP contribution in [-0.2, 0) is 4.79 Å². The molecule has 0 unspecified atom stereocenters. The van der Waals surface area contributed by atoms with E-state index in [1.807, 2.05) is 0 Å². The minimum absolute atomic E-state index is 0.0535. The number of hydrogen-bond acceptors (Lipinski definition) is 6. The number of carboxylic acids is 1. The third-order valence-corrected chi connectivity index (χ3v) is 5.60. The largest absolute Gasteiger partial charge is 0.478 e. The lowest BCUT2D eigenvalue weighted by Crippen LogP contribution is -2.21. The topological polar surface area (TPSA) is 126 Å². The predicted molar refractivity (Wildman–Crippen MR) is 104 cm³/mol. The average molecular weight is 401 g/mol. The van der Waals surface area contributed by atoms with Crippen LogP contribution in [-0.4, -0.2) is 32.3 Å². The maximum absolute atomic E-state index is 11.7. The Labute approximate surface area is 169 Å². The van der Waals surface area contributed by atoms with Gasteiger partial charge in [0.1, 0.15) is 0 Å². The molecular weight excluding hydrogens is 374 g/mol. The molecule has 0 saturated heterocycles. The lowest BCUT2D eigenvalue weighted by molar-refractivity contribution is -0.129. The van der Waals surface area contributed by atoms with E-state index in [1.54, 1.807) is 17.6 Å². The number of nitrogens with one attached hydrogen (secondary N) is 1. The Hall–Kier alpha value is -2.74. The smallest absolute Gasteiger partial charge is 0.335 e. The van der Waals surface area contributed by atoms with Crippen LogP contribution in [0.3, 0.4) is 0 Å². The number of nitrogens with zero attached hydrogens (tertiary/aromatic N) is 2. The zero-order valence-electron chi connectivity index (χ0n) is 16.3. The van der Waals surface area contributed by atoms with E-state index >= 15 is 0 Å². The van der Waals surface area contributed by atoms with Gasteiger partial charge >= 0.3 is 5.97 Å². The lowest BCUT2D eigenvalue weighted by atomic mass is 9.84. The summed E-state index contributed by atoms with van der Waals surface area (Å²) in [4.78, 5) is 27.3. The van der Waals surface area contributed by atoms with Crippen LogP contribution in [0.2, 0.25) is 0 Å². The van der Waals surface area contributed by atoms with Crippen LogP contribution in [0.1, 0.15) is 80.0 Å². The Morgan fingerprint density at radius 3 is 2.76 bits per heavy atom. The summed E-state index contributed by atoms with van der Waals surface area (Å²) in [6, 6.07) is 6.30. The van der Waals surface area contributed by atoms with Gasteiger partial charge in [0, 0.05) is 17.9 Å². The predicted octanol–water partition coefficient (Wildman–Crippen LogP) is 4.16. The fourth-order valence-corrected chi connectivity index (χ4v) is 4.02. The second kappa shape index (κ2) is 10.2. The first-order valence-electron chi connectivity index (χ1n) is 10.2. The molecule has 8 heteroatoms. The quantitative estimate of drug-likeness (QED) is 0.425. The van der Waals surface area contributed by atoms with Crippen molar-refractivity contribution in [2.75, 3.05) is 0 Å². The molecule has 1 aliphatic rings. The van der Waals surface area contributed by atoms with Gasteiger partial charge in [0.15, 0.2) is 0 Å². The molecule has 3 rings (SSSR count). The lowest BCUT2D eigenvalue weighted by Gasteiger charge is -2.22. The number of amides is 1. The molecule has 1 amide bonds. The van der Waals surface area contributed by atoms with Gasteiger partial charge in [0.05, 0.1) is 5.56 Å². The molecule has 29 heavy (non-hydrogen) atoms. The minimum atomic E-state index is -1.03. The Balaban J connectivity index is 1.69. The van der Waals surface area contributed by atoms with Gasteiger partial charge in [-0.15, -0.1) is 0 Å². The zero-order valence-corrected chi connectivity index (χ0v) is 16.3. The van der Waals surface area contributed by atoms with E-state index in [2.05, 4.69) is 10.1 Å². The van der Waals surface area contributed by atoms with Crippen LogP contribution in [0.4, 0.5) is 0 Å². The molecule has 2 aromatic rings. The summed E-state index contributed by atoms with van der Waals surface area (Å²) in [5.74, 6) is -0.475. The second-order valence-electron chi connectivity index (χ2n) is 7.71. The molecule has 1 aromatic carbocycles. The summed E-state index contributed by atoms with van der Waals surface area (Å²) in [5, 5.41) is 22.0. The normalized spacial score (nSPS) is 15.8. The van der Waals surface area contributed by atoms with Crippen LogP contribution in [0.5, 0.6) is 0 Å². The number of hydroxylamine groups is 1. The highest BCUT2D eigenvalue weighted by Crippen LogP contribution is 2.31. The Kier molecular flexibility index (Phi) is 7.35. The molecular formula is C21H27N3O5. The maximum atomic E-state index is 11.7. The Morgan fingerprint density at radius 1 is 1.24 bits per heavy atom. The van der Waals surface area contributed by atoms with Gasteiger partial charge in [-0.3, -0.25) is 10.0 Å². The molecule has 156 valence electrons. The van der Waals surface area contributed by atoms with Gasteiger partial charge in [-0.25, -0.2) is 10.3 Å². The van der Waals surface area contributed by atoms with Gasteiger partial charge in [-0.2, -0.15) is 4.98 Å². The van der Waals surface area contributed by atoms with Crippen molar-refractivity contribution in [1.82, 2.24) is 15.6 Å². The van der Waals surface area contributed by atoms with E-state index in [-0.39, 0.29) is 23.7 Å². The summed E-state index contributed by atoms with van der Waals surface area (Å²) in [6.45, 7) is 0. The van der Waals surface area contributed by atoms with Crippen molar-refractivity contribution in [3.8, 4) is 11.4 Å². The maximum Gasteiger partial charge on any atom is 0.335 e. The summed E-state index contributed by atoms with van der Waals surface area (Å²) >= 11 is 0. The molecule has 3 N–H and O–H groups in total. The first kappa shape index (κ1) is 21.0. The number of aromatic carboxylic acids is 1. The van der Waals surface area contributed by atoms with Crippen molar-refractivity contribution in [3.63, 3.8) is 0 Å². The molecule has 0 bridgehead atoms. The van der Waals surface area contributed by atoms with E-state index in [1.165, 1.54) is 44.2 Å². The first-order chi connectivity index (χ1) is 14.1. The van der Waals surface area contributed by atoms with Gasteiger partial charge < -0.3 is 9.63 Å². The van der Waals surface area contributed by atoms with Crippen molar-refractivity contribution < 1.29 is 24.4 Å². The molecule has 1 heterocycles. The summed E-state index contributed by atoms with van der Waals surface area (Å²) in [7, 11) is 0. The van der Waals surface area contributed by atoms with Crippen molar-refractivity contribution in [2.24, 2.45) is 5.92 Å². The van der Waals surface area contributed by atoms with Gasteiger partial charge in [0.25, 0.3) is 0 Å². The molecule has 0 aliphatic heterocycles. The van der Waals surface area contributed by atoms with Crippen molar-refractivity contribution >= 4 is 11.9 Å². The van der Waals surface area contributed by atoms with Gasteiger partial charge in [0.2, 0.25) is 17.6 Å². The Bertz CT molecular complexity index is 829. The molecule has 1 saturated carbocycles. The number of hydrogen-bond donors (Lipinski definition) is 3. The molecule has 0 radical (unpaired) electrons. The molecule has 8 nitrogen and oxygen atoms in total. The molecule has 1 fully saturated rings. The number of benzene rings is 1. The van der Waals surface area contributed by atoms with E-state index in [4.69, 9.17) is 14.8 Å². The van der Waals surface area contributed by atoms with Gasteiger partial charge in [-0.1, -0.05) is 62.2 Å². The Morgan fingerprint density at radius 2 is 2.03 bits per heavy atom. The molecule has 1 aliphatic carbocycles. The average Bonchev–Trinajstić information content (AvgIpc) is 3.24. The third kappa shape index (κ3) is 5.87. The molecule has 1 atom stereocenters. The van der Waals surface area contributed by atoms with Crippen LogP contribution in [0.25, 0.3) is 11.4 Å². The van der Waals surface area contributed by atoms with E-state index in [0.717, 1.165) is 18.8 Å². The molecule has 0 spiro atoms. The minimum Gasteiger partial charge on any atom is -0.478 e. The van der Waals surface area contributed by atoms with Crippen molar-refractivity contribution in [2.45, 2.75) is 63.7 Å². The third-order valence-electron chi connectivity index (χ3n) is 5.60. The van der Waals surface area contributed by atoms with Crippen molar-refractivity contribution in [1.29, 1.82) is 0 Å². The number of rotatable bonds is 9. The summed E-state index contributed by atoms with van der Waals surface area (Å²) in [5.41, 5.74) is 2.34. The van der Waals surface area contributed by atoms with Crippen LogP contribution < -0.4 is 5.48 Å². The van der Waals surface area contributed by atoms with Crippen molar-refractivity contribution in [3.05, 3.63) is 35.7 Å². The van der Waals surface area contributed by atoms with E-state index < -0.39 is 11.9 Å². The number of carboxylic acid groups (broad SMARTS) is 1. The summed E-state index contributed by atoms with van der Waals surface area (Å²) < 4.78 is 5.40. The fourth-order valence-electron chi connectivity index (χ4n) is 4.02. The SMILES string of the molecule is O=C(C[C@@H](CCCC1CCCCC1)c1nc(-c2cccc(C(=O)O)c2)no1)NO. The summed E-state index contributed by atoms with van der Waals surface area (Å²) in [6.07, 6.45) is 9.27. The highest BCUT2D eigenvalue weighted by Gasteiger charge is 2.24. The highest BCUT2D eigenvalue weighted by molar-refractivity contribution is 5.89. The second-order valence-corrected chi connectivity index (χ2v) is 7.71. The van der Waals surface area contributed by atoms with E-state index in [0.29, 0.717) is 17.9 Å².